The molecule has 0 unspecified atom stereocenters. The summed E-state index contributed by atoms with van der Waals surface area (Å²) in [6.45, 7) is 1.93. The molecular formula is C28H22N2O2S. The summed E-state index contributed by atoms with van der Waals surface area (Å²) < 4.78 is 28.2. The van der Waals surface area contributed by atoms with Gasteiger partial charge in [0.05, 0.1) is 10.6 Å². The van der Waals surface area contributed by atoms with Crippen molar-refractivity contribution in [3.8, 4) is 0 Å². The molecule has 1 heterocycles. The van der Waals surface area contributed by atoms with E-state index in [9.17, 15) is 8.42 Å². The van der Waals surface area contributed by atoms with Crippen LogP contribution in [0, 0.1) is 6.92 Å². The van der Waals surface area contributed by atoms with Gasteiger partial charge in [-0.1, -0.05) is 109 Å². The standard InChI is InChI=1S/C28H22N2O2S/c1-21-17-19-25(20-18-21)33(31,32)27-28(23-13-7-3-8-14-23,24-15-9-4-10-16-24)26(29-30-27)22-11-5-2-6-12-22/h2-20H,1H3. The first-order valence-corrected chi connectivity index (χ1v) is 12.2. The largest absolute Gasteiger partial charge is 0.223 e. The van der Waals surface area contributed by atoms with Gasteiger partial charge in [-0.15, -0.1) is 5.10 Å². The van der Waals surface area contributed by atoms with Crippen LogP contribution in [0.3, 0.4) is 0 Å². The molecule has 0 N–H and O–H groups in total. The molecule has 0 amide bonds. The van der Waals surface area contributed by atoms with Crippen molar-refractivity contribution >= 4 is 20.6 Å². The van der Waals surface area contributed by atoms with Crippen LogP contribution in [0.1, 0.15) is 22.3 Å². The van der Waals surface area contributed by atoms with Crippen LogP contribution in [0.25, 0.3) is 0 Å². The summed E-state index contributed by atoms with van der Waals surface area (Å²) in [5, 5.41) is 8.92. The first-order valence-electron chi connectivity index (χ1n) is 10.7. The van der Waals surface area contributed by atoms with Gasteiger partial charge < -0.3 is 0 Å². The topological polar surface area (TPSA) is 58.9 Å². The highest BCUT2D eigenvalue weighted by atomic mass is 32.2. The van der Waals surface area contributed by atoms with Crippen LogP contribution < -0.4 is 0 Å². The van der Waals surface area contributed by atoms with E-state index in [1.165, 1.54) is 0 Å². The molecule has 5 rings (SSSR count). The zero-order valence-corrected chi connectivity index (χ0v) is 18.9. The fraction of sp³-hybridized carbons (Fsp3) is 0.0714. The molecular weight excluding hydrogens is 428 g/mol. The molecule has 1 aliphatic rings. The van der Waals surface area contributed by atoms with Crippen molar-refractivity contribution in [3.05, 3.63) is 138 Å². The Morgan fingerprint density at radius 2 is 1.09 bits per heavy atom. The van der Waals surface area contributed by atoms with E-state index in [1.54, 1.807) is 24.3 Å². The number of aryl methyl sites for hydroxylation is 1. The lowest BCUT2D eigenvalue weighted by Crippen LogP contribution is -2.46. The van der Waals surface area contributed by atoms with Crippen molar-refractivity contribution in [3.63, 3.8) is 0 Å². The maximum Gasteiger partial charge on any atom is 0.223 e. The van der Waals surface area contributed by atoms with Crippen LogP contribution in [0.5, 0.6) is 0 Å². The summed E-state index contributed by atoms with van der Waals surface area (Å²) >= 11 is 0. The highest BCUT2D eigenvalue weighted by molar-refractivity contribution is 8.06. The van der Waals surface area contributed by atoms with Crippen LogP contribution in [-0.2, 0) is 15.3 Å². The first kappa shape index (κ1) is 21.0. The quantitative estimate of drug-likeness (QED) is 0.408. The molecule has 0 spiro atoms. The Hall–Kier alpha value is -3.83. The van der Waals surface area contributed by atoms with E-state index in [2.05, 4.69) is 10.2 Å². The van der Waals surface area contributed by atoms with Crippen LogP contribution in [0.4, 0.5) is 0 Å². The van der Waals surface area contributed by atoms with Gasteiger partial charge in [0.2, 0.25) is 9.84 Å². The predicted octanol–water partition coefficient (Wildman–Crippen LogP) is 5.57. The minimum absolute atomic E-state index is 0.00936. The molecule has 4 nitrogen and oxygen atoms in total. The number of hydrogen-bond acceptors (Lipinski definition) is 4. The van der Waals surface area contributed by atoms with E-state index in [0.29, 0.717) is 5.71 Å². The molecule has 0 aliphatic carbocycles. The zero-order valence-electron chi connectivity index (χ0n) is 18.1. The normalized spacial score (nSPS) is 15.1. The lowest BCUT2D eigenvalue weighted by Gasteiger charge is -2.33. The van der Waals surface area contributed by atoms with Gasteiger partial charge >= 0.3 is 0 Å². The van der Waals surface area contributed by atoms with Gasteiger partial charge in [-0.25, -0.2) is 8.42 Å². The molecule has 162 valence electrons. The molecule has 4 aromatic carbocycles. The van der Waals surface area contributed by atoms with E-state index in [0.717, 1.165) is 22.3 Å². The first-order chi connectivity index (χ1) is 16.0. The maximum atomic E-state index is 14.1. The summed E-state index contributed by atoms with van der Waals surface area (Å²) in [5.74, 6) is 0. The van der Waals surface area contributed by atoms with Gasteiger partial charge in [-0.3, -0.25) is 0 Å². The SMILES string of the molecule is Cc1ccc(S(=O)(=O)C2=NN=C(c3ccccc3)C2(c2ccccc2)c2ccccc2)cc1. The van der Waals surface area contributed by atoms with Crippen molar-refractivity contribution in [1.29, 1.82) is 0 Å². The summed E-state index contributed by atoms with van der Waals surface area (Å²) in [6, 6.07) is 35.8. The minimum atomic E-state index is -3.96. The number of nitrogens with zero attached hydrogens (tertiary/aromatic N) is 2. The van der Waals surface area contributed by atoms with Crippen molar-refractivity contribution in [1.82, 2.24) is 0 Å². The number of benzene rings is 4. The summed E-state index contributed by atoms with van der Waals surface area (Å²) in [6.07, 6.45) is 0. The average Bonchev–Trinajstić information content (AvgIpc) is 3.28. The van der Waals surface area contributed by atoms with E-state index in [-0.39, 0.29) is 9.94 Å². The summed E-state index contributed by atoms with van der Waals surface area (Å²) in [5.41, 5.74) is 2.81. The van der Waals surface area contributed by atoms with Crippen LogP contribution in [0.2, 0.25) is 0 Å². The molecule has 0 fully saturated rings. The molecule has 33 heavy (non-hydrogen) atoms. The Bertz CT molecular complexity index is 1400. The second-order valence-electron chi connectivity index (χ2n) is 8.02. The van der Waals surface area contributed by atoms with Gasteiger partial charge in [-0.05, 0) is 35.7 Å². The fourth-order valence-corrected chi connectivity index (χ4v) is 5.97. The maximum absolute atomic E-state index is 14.1. The Balaban J connectivity index is 1.84. The monoisotopic (exact) mass is 450 g/mol. The molecule has 4 aromatic rings. The van der Waals surface area contributed by atoms with Gasteiger partial charge in [0.1, 0.15) is 5.41 Å². The van der Waals surface area contributed by atoms with Crippen molar-refractivity contribution < 1.29 is 8.42 Å². The Kier molecular flexibility index (Phi) is 5.27. The van der Waals surface area contributed by atoms with E-state index < -0.39 is 15.3 Å². The van der Waals surface area contributed by atoms with Crippen molar-refractivity contribution in [2.75, 3.05) is 0 Å². The smallest absolute Gasteiger partial charge is 0.217 e. The number of sulfone groups is 1. The molecule has 1 aliphatic heterocycles. The fourth-order valence-electron chi connectivity index (χ4n) is 4.36. The second-order valence-corrected chi connectivity index (χ2v) is 9.88. The highest BCUT2D eigenvalue weighted by Crippen LogP contribution is 2.43. The Morgan fingerprint density at radius 1 is 0.606 bits per heavy atom. The lowest BCUT2D eigenvalue weighted by atomic mass is 9.70. The van der Waals surface area contributed by atoms with Crippen LogP contribution in [0.15, 0.2) is 130 Å². The van der Waals surface area contributed by atoms with E-state index >= 15 is 0 Å². The Morgan fingerprint density at radius 3 is 1.61 bits per heavy atom. The van der Waals surface area contributed by atoms with E-state index in [4.69, 9.17) is 0 Å². The molecule has 0 radical (unpaired) electrons. The van der Waals surface area contributed by atoms with E-state index in [1.807, 2.05) is 97.9 Å². The average molecular weight is 451 g/mol. The molecule has 0 aromatic heterocycles. The second kappa shape index (κ2) is 8.26. The number of hydrogen-bond donors (Lipinski definition) is 0. The van der Waals surface area contributed by atoms with Gasteiger partial charge in [0.25, 0.3) is 0 Å². The molecule has 0 saturated carbocycles. The lowest BCUT2D eigenvalue weighted by molar-refractivity contribution is 0.605. The minimum Gasteiger partial charge on any atom is -0.217 e. The third-order valence-corrected chi connectivity index (χ3v) is 7.75. The molecule has 0 saturated heterocycles. The van der Waals surface area contributed by atoms with Crippen molar-refractivity contribution in [2.24, 2.45) is 10.2 Å². The zero-order chi connectivity index (χ0) is 22.9. The molecule has 0 bridgehead atoms. The van der Waals surface area contributed by atoms with Crippen LogP contribution >= 0.6 is 0 Å². The third-order valence-electron chi connectivity index (χ3n) is 5.96. The highest BCUT2D eigenvalue weighted by Gasteiger charge is 2.53. The molecule has 0 atom stereocenters. The third kappa shape index (κ3) is 3.41. The number of rotatable bonds is 4. The molecule has 5 heteroatoms. The van der Waals surface area contributed by atoms with Gasteiger partial charge in [0.15, 0.2) is 5.04 Å². The van der Waals surface area contributed by atoms with Gasteiger partial charge in [-0.2, -0.15) is 5.10 Å². The van der Waals surface area contributed by atoms with Crippen LogP contribution in [-0.4, -0.2) is 19.2 Å². The van der Waals surface area contributed by atoms with Gasteiger partial charge in [0, 0.05) is 0 Å². The predicted molar refractivity (Wildman–Crippen MR) is 132 cm³/mol. The summed E-state index contributed by atoms with van der Waals surface area (Å²) in [4.78, 5) is 0.201. The summed E-state index contributed by atoms with van der Waals surface area (Å²) in [7, 11) is -3.96. The van der Waals surface area contributed by atoms with Crippen molar-refractivity contribution in [2.45, 2.75) is 17.2 Å². The Labute approximate surface area is 193 Å².